The van der Waals surface area contributed by atoms with Gasteiger partial charge in [0.05, 0.1) is 16.5 Å². The van der Waals surface area contributed by atoms with Crippen molar-refractivity contribution in [2.75, 3.05) is 9.80 Å². The van der Waals surface area contributed by atoms with Gasteiger partial charge in [-0.2, -0.15) is 0 Å². The van der Waals surface area contributed by atoms with Crippen LogP contribution in [0.2, 0.25) is 0 Å². The van der Waals surface area contributed by atoms with Crippen molar-refractivity contribution in [1.82, 2.24) is 0 Å². The number of benzene rings is 9. The Bertz CT molecular complexity index is 3130. The van der Waals surface area contributed by atoms with Crippen LogP contribution >= 0.6 is 11.8 Å². The lowest BCUT2D eigenvalue weighted by Gasteiger charge is -2.40. The van der Waals surface area contributed by atoms with Gasteiger partial charge in [0.15, 0.2) is 0 Å². The summed E-state index contributed by atoms with van der Waals surface area (Å²) in [5.74, 6) is 0. The molecule has 0 N–H and O–H groups in total. The second kappa shape index (κ2) is 13.4. The fraction of sp³-hybridized carbons (Fsp3) is 0.0182. The molecule has 59 heavy (non-hydrogen) atoms. The second-order valence-corrected chi connectivity index (χ2v) is 16.3. The molecule has 1 aromatic heterocycles. The van der Waals surface area contributed by atoms with Crippen LogP contribution in [0.15, 0.2) is 233 Å². The van der Waals surface area contributed by atoms with Crippen molar-refractivity contribution in [2.45, 2.75) is 15.2 Å². The number of fused-ring (bicyclic) bond motifs is 12. The van der Waals surface area contributed by atoms with Crippen LogP contribution in [0.3, 0.4) is 0 Å². The van der Waals surface area contributed by atoms with E-state index < -0.39 is 5.41 Å². The van der Waals surface area contributed by atoms with Gasteiger partial charge in [-0.3, -0.25) is 0 Å². The molecule has 3 nitrogen and oxygen atoms in total. The first-order valence-electron chi connectivity index (χ1n) is 20.1. The lowest BCUT2D eigenvalue weighted by atomic mass is 9.67. The van der Waals surface area contributed by atoms with E-state index in [9.17, 15) is 0 Å². The van der Waals surface area contributed by atoms with Crippen LogP contribution in [0, 0.1) is 0 Å². The van der Waals surface area contributed by atoms with E-state index >= 15 is 0 Å². The number of anilines is 6. The van der Waals surface area contributed by atoms with Gasteiger partial charge in [0.25, 0.3) is 0 Å². The van der Waals surface area contributed by atoms with Crippen molar-refractivity contribution in [1.29, 1.82) is 0 Å². The minimum atomic E-state index is -0.472. The van der Waals surface area contributed by atoms with E-state index in [0.29, 0.717) is 0 Å². The fourth-order valence-electron chi connectivity index (χ4n) is 9.71. The van der Waals surface area contributed by atoms with Crippen molar-refractivity contribution in [3.8, 4) is 11.1 Å². The minimum Gasteiger partial charge on any atom is -0.456 e. The molecule has 2 heterocycles. The van der Waals surface area contributed by atoms with E-state index in [2.05, 4.69) is 228 Å². The van der Waals surface area contributed by atoms with Gasteiger partial charge in [0, 0.05) is 43.6 Å². The summed E-state index contributed by atoms with van der Waals surface area (Å²) in [7, 11) is 0. The maximum absolute atomic E-state index is 6.65. The average Bonchev–Trinajstić information content (AvgIpc) is 3.82. The van der Waals surface area contributed by atoms with Crippen LogP contribution in [0.1, 0.15) is 22.3 Å². The molecule has 0 bridgehead atoms. The van der Waals surface area contributed by atoms with E-state index in [0.717, 1.165) is 56.1 Å². The summed E-state index contributed by atoms with van der Waals surface area (Å²) in [6.45, 7) is 0. The number of furan rings is 1. The summed E-state index contributed by atoms with van der Waals surface area (Å²) < 4.78 is 6.65. The Morgan fingerprint density at radius 1 is 0.356 bits per heavy atom. The van der Waals surface area contributed by atoms with E-state index in [1.54, 1.807) is 0 Å². The normalized spacial score (nSPS) is 13.2. The highest BCUT2D eigenvalue weighted by Gasteiger charge is 2.50. The summed E-state index contributed by atoms with van der Waals surface area (Å²) in [6.07, 6.45) is 0. The number of rotatable bonds is 6. The van der Waals surface area contributed by atoms with Gasteiger partial charge in [-0.25, -0.2) is 0 Å². The van der Waals surface area contributed by atoms with Crippen molar-refractivity contribution < 1.29 is 4.42 Å². The SMILES string of the molecule is c1ccc(N(c2ccc3c(c2)C2(c4ccccc4Sc4ccccc42)c2ccccc2-3)c2ccc3oc4cccc(N(c5ccccc5)c5ccccc5)c4c3c2)cc1. The highest BCUT2D eigenvalue weighted by molar-refractivity contribution is 7.99. The number of para-hydroxylation sites is 3. The smallest absolute Gasteiger partial charge is 0.137 e. The number of hydrogen-bond donors (Lipinski definition) is 0. The van der Waals surface area contributed by atoms with Gasteiger partial charge in [0.2, 0.25) is 0 Å². The molecule has 12 rings (SSSR count). The third-order valence-electron chi connectivity index (χ3n) is 12.1. The molecule has 0 fully saturated rings. The van der Waals surface area contributed by atoms with Crippen LogP contribution in [0.25, 0.3) is 33.1 Å². The Labute approximate surface area is 347 Å². The molecule has 278 valence electrons. The quantitative estimate of drug-likeness (QED) is 0.168. The number of hydrogen-bond acceptors (Lipinski definition) is 4. The Morgan fingerprint density at radius 2 is 0.881 bits per heavy atom. The molecule has 0 amide bonds. The molecular weight excluding hydrogens is 737 g/mol. The maximum atomic E-state index is 6.65. The molecule has 0 atom stereocenters. The summed E-state index contributed by atoms with van der Waals surface area (Å²) in [5.41, 5.74) is 15.5. The zero-order valence-corrected chi connectivity index (χ0v) is 32.8. The second-order valence-electron chi connectivity index (χ2n) is 15.2. The monoisotopic (exact) mass is 772 g/mol. The molecule has 1 aliphatic heterocycles. The van der Waals surface area contributed by atoms with Crippen LogP contribution in [-0.2, 0) is 5.41 Å². The van der Waals surface area contributed by atoms with Crippen molar-refractivity contribution in [3.63, 3.8) is 0 Å². The van der Waals surface area contributed by atoms with Gasteiger partial charge >= 0.3 is 0 Å². The largest absolute Gasteiger partial charge is 0.456 e. The fourth-order valence-corrected chi connectivity index (χ4v) is 10.9. The molecule has 1 spiro atoms. The van der Waals surface area contributed by atoms with Gasteiger partial charge in [-0.15, -0.1) is 0 Å². The lowest BCUT2D eigenvalue weighted by molar-refractivity contribution is 0.669. The van der Waals surface area contributed by atoms with Crippen molar-refractivity contribution in [3.05, 3.63) is 241 Å². The molecule has 4 heteroatoms. The highest BCUT2D eigenvalue weighted by Crippen LogP contribution is 2.62. The Hall–Kier alpha value is -7.27. The van der Waals surface area contributed by atoms with Crippen LogP contribution in [0.4, 0.5) is 34.1 Å². The third-order valence-corrected chi connectivity index (χ3v) is 13.2. The maximum Gasteiger partial charge on any atom is 0.137 e. The van der Waals surface area contributed by atoms with Crippen molar-refractivity contribution in [2.24, 2.45) is 0 Å². The Kier molecular flexibility index (Phi) is 7.69. The Morgan fingerprint density at radius 3 is 1.54 bits per heavy atom. The van der Waals surface area contributed by atoms with Crippen molar-refractivity contribution >= 4 is 67.8 Å². The van der Waals surface area contributed by atoms with Gasteiger partial charge in [-0.1, -0.05) is 139 Å². The van der Waals surface area contributed by atoms with Gasteiger partial charge < -0.3 is 14.2 Å². The zero-order chi connectivity index (χ0) is 38.9. The summed E-state index contributed by atoms with van der Waals surface area (Å²) >= 11 is 1.88. The third kappa shape index (κ3) is 5.10. The van der Waals surface area contributed by atoms with Crippen LogP contribution in [0.5, 0.6) is 0 Å². The van der Waals surface area contributed by atoms with E-state index in [1.807, 2.05) is 11.8 Å². The first-order valence-corrected chi connectivity index (χ1v) is 20.9. The van der Waals surface area contributed by atoms with E-state index in [4.69, 9.17) is 4.42 Å². The van der Waals surface area contributed by atoms with Gasteiger partial charge in [-0.05, 0) is 124 Å². The standard InChI is InChI=1S/C55H36N2OS/c1-4-17-37(18-5-1)56(40-32-34-50-44(35-40)54-49(27-16-28-51(54)58-50)57(38-19-6-2-7-20-38)39-21-8-3-9-22-39)41-31-33-43-42-23-10-11-24-45(42)55(48(43)36-41)46-25-12-14-29-52(46)59-53-30-15-13-26-47(53)55/h1-36H. The van der Waals surface area contributed by atoms with E-state index in [-0.39, 0.29) is 0 Å². The predicted octanol–water partition coefficient (Wildman–Crippen LogP) is 15.4. The first-order chi connectivity index (χ1) is 29.3. The molecule has 0 unspecified atom stereocenters. The molecule has 0 radical (unpaired) electrons. The summed E-state index contributed by atoms with van der Waals surface area (Å²) in [6, 6.07) is 79.1. The van der Waals surface area contributed by atoms with Crippen LogP contribution < -0.4 is 9.80 Å². The zero-order valence-electron chi connectivity index (χ0n) is 32.0. The molecule has 2 aliphatic rings. The molecule has 0 saturated heterocycles. The predicted molar refractivity (Wildman–Crippen MR) is 245 cm³/mol. The lowest BCUT2D eigenvalue weighted by Crippen LogP contribution is -2.32. The number of nitrogens with zero attached hydrogens (tertiary/aromatic N) is 2. The minimum absolute atomic E-state index is 0.472. The summed E-state index contributed by atoms with van der Waals surface area (Å²) in [5, 5.41) is 2.13. The molecular formula is C55H36N2OS. The molecule has 1 aliphatic carbocycles. The average molecular weight is 773 g/mol. The first kappa shape index (κ1) is 33.8. The van der Waals surface area contributed by atoms with Crippen LogP contribution in [-0.4, -0.2) is 0 Å². The topological polar surface area (TPSA) is 19.6 Å². The van der Waals surface area contributed by atoms with Gasteiger partial charge in [0.1, 0.15) is 11.2 Å². The van der Waals surface area contributed by atoms with E-state index in [1.165, 1.54) is 43.2 Å². The molecule has 9 aromatic carbocycles. The Balaban J connectivity index is 1.10. The summed E-state index contributed by atoms with van der Waals surface area (Å²) in [4.78, 5) is 7.33. The molecule has 10 aromatic rings. The highest BCUT2D eigenvalue weighted by atomic mass is 32.2. The molecule has 0 saturated carbocycles.